The highest BCUT2D eigenvalue weighted by Crippen LogP contribution is 2.32. The summed E-state index contributed by atoms with van der Waals surface area (Å²) >= 11 is 3.72. The SMILES string of the molecule is CN(C)S(=O)(=O)c1ccc(I)c(C(=O)N(Cc2cccs2)C2CC2)c1. The molecule has 0 unspecified atom stereocenters. The standard InChI is InChI=1S/C17H19IN2O3S2/c1-19(2)25(22,23)14-7-8-16(18)15(10-14)17(21)20(12-5-6-12)11-13-4-3-9-24-13/h3-4,7-10,12H,5-6,11H2,1-2H3. The number of thiophene rings is 1. The van der Waals surface area contributed by atoms with Crippen LogP contribution in [0.2, 0.25) is 0 Å². The van der Waals surface area contributed by atoms with Gasteiger partial charge in [0.25, 0.3) is 5.91 Å². The number of hydrogen-bond donors (Lipinski definition) is 0. The van der Waals surface area contributed by atoms with Crippen molar-refractivity contribution in [2.45, 2.75) is 30.3 Å². The molecule has 5 nitrogen and oxygen atoms in total. The molecule has 1 aliphatic carbocycles. The molecule has 1 heterocycles. The van der Waals surface area contributed by atoms with Crippen LogP contribution in [0.4, 0.5) is 0 Å². The third-order valence-corrected chi connectivity index (χ3v) is 7.71. The van der Waals surface area contributed by atoms with Crippen LogP contribution >= 0.6 is 33.9 Å². The molecular weight excluding hydrogens is 471 g/mol. The van der Waals surface area contributed by atoms with E-state index < -0.39 is 10.0 Å². The fourth-order valence-electron chi connectivity index (χ4n) is 2.52. The van der Waals surface area contributed by atoms with Gasteiger partial charge in [0.15, 0.2) is 0 Å². The maximum atomic E-state index is 13.1. The summed E-state index contributed by atoms with van der Waals surface area (Å²) in [6.45, 7) is 0.571. The molecule has 0 N–H and O–H groups in total. The molecule has 8 heteroatoms. The Labute approximate surface area is 165 Å². The molecule has 0 aliphatic heterocycles. The van der Waals surface area contributed by atoms with Gasteiger partial charge >= 0.3 is 0 Å². The van der Waals surface area contributed by atoms with Crippen molar-refractivity contribution < 1.29 is 13.2 Å². The average molecular weight is 490 g/mol. The van der Waals surface area contributed by atoms with Crippen LogP contribution in [-0.2, 0) is 16.6 Å². The number of hydrogen-bond acceptors (Lipinski definition) is 4. The lowest BCUT2D eigenvalue weighted by Gasteiger charge is -2.23. The minimum atomic E-state index is -3.57. The predicted molar refractivity (Wildman–Crippen MR) is 107 cm³/mol. The fourth-order valence-corrected chi connectivity index (χ4v) is 4.71. The summed E-state index contributed by atoms with van der Waals surface area (Å²) in [6.07, 6.45) is 2.01. The molecule has 1 amide bonds. The zero-order valence-corrected chi connectivity index (χ0v) is 17.8. The monoisotopic (exact) mass is 490 g/mol. The van der Waals surface area contributed by atoms with E-state index in [1.165, 1.54) is 20.2 Å². The Morgan fingerprint density at radius 1 is 1.28 bits per heavy atom. The van der Waals surface area contributed by atoms with Gasteiger partial charge in [-0.15, -0.1) is 11.3 Å². The van der Waals surface area contributed by atoms with Crippen LogP contribution in [0.15, 0.2) is 40.6 Å². The summed E-state index contributed by atoms with van der Waals surface area (Å²) in [5.41, 5.74) is 0.451. The fraction of sp³-hybridized carbons (Fsp3) is 0.353. The van der Waals surface area contributed by atoms with Crippen molar-refractivity contribution in [1.82, 2.24) is 9.21 Å². The van der Waals surface area contributed by atoms with Gasteiger partial charge < -0.3 is 4.90 Å². The van der Waals surface area contributed by atoms with Gasteiger partial charge in [0, 0.05) is 28.6 Å². The molecule has 25 heavy (non-hydrogen) atoms. The second-order valence-corrected chi connectivity index (χ2v) is 10.5. The van der Waals surface area contributed by atoms with Gasteiger partial charge in [-0.1, -0.05) is 6.07 Å². The Morgan fingerprint density at radius 3 is 2.56 bits per heavy atom. The van der Waals surface area contributed by atoms with E-state index in [-0.39, 0.29) is 16.8 Å². The van der Waals surface area contributed by atoms with Crippen molar-refractivity contribution in [1.29, 1.82) is 0 Å². The van der Waals surface area contributed by atoms with Crippen LogP contribution in [0, 0.1) is 3.57 Å². The number of benzene rings is 1. The maximum absolute atomic E-state index is 13.1. The number of sulfonamides is 1. The zero-order chi connectivity index (χ0) is 18.2. The van der Waals surface area contributed by atoms with E-state index in [2.05, 4.69) is 22.6 Å². The Balaban J connectivity index is 1.95. The van der Waals surface area contributed by atoms with Gasteiger partial charge in [-0.3, -0.25) is 4.79 Å². The molecule has 1 saturated carbocycles. The highest BCUT2D eigenvalue weighted by Gasteiger charge is 2.34. The molecule has 0 spiro atoms. The highest BCUT2D eigenvalue weighted by molar-refractivity contribution is 14.1. The van der Waals surface area contributed by atoms with Gasteiger partial charge in [0.1, 0.15) is 0 Å². The number of halogens is 1. The van der Waals surface area contributed by atoms with E-state index in [0.29, 0.717) is 12.1 Å². The quantitative estimate of drug-likeness (QED) is 0.584. The first-order valence-electron chi connectivity index (χ1n) is 7.86. The smallest absolute Gasteiger partial charge is 0.255 e. The summed E-state index contributed by atoms with van der Waals surface area (Å²) < 4.78 is 26.7. The molecule has 0 saturated heterocycles. The van der Waals surface area contributed by atoms with Crippen molar-refractivity contribution in [3.05, 3.63) is 49.7 Å². The lowest BCUT2D eigenvalue weighted by atomic mass is 10.2. The second-order valence-electron chi connectivity index (χ2n) is 6.17. The Morgan fingerprint density at radius 2 is 2.00 bits per heavy atom. The molecule has 1 aromatic carbocycles. The van der Waals surface area contributed by atoms with E-state index >= 15 is 0 Å². The first-order valence-corrected chi connectivity index (χ1v) is 11.3. The molecule has 2 aromatic rings. The van der Waals surface area contributed by atoms with Gasteiger partial charge in [-0.25, -0.2) is 12.7 Å². The zero-order valence-electron chi connectivity index (χ0n) is 14.0. The highest BCUT2D eigenvalue weighted by atomic mass is 127. The van der Waals surface area contributed by atoms with E-state index in [4.69, 9.17) is 0 Å². The van der Waals surface area contributed by atoms with Crippen molar-refractivity contribution in [3.63, 3.8) is 0 Å². The number of rotatable bonds is 6. The van der Waals surface area contributed by atoms with Crippen molar-refractivity contribution >= 4 is 49.9 Å². The number of carbonyl (C=O) groups excluding carboxylic acids is 1. The molecule has 1 fully saturated rings. The Bertz CT molecular complexity index is 875. The summed E-state index contributed by atoms with van der Waals surface area (Å²) in [5, 5.41) is 2.00. The maximum Gasteiger partial charge on any atom is 0.255 e. The molecular formula is C17H19IN2O3S2. The third-order valence-electron chi connectivity index (χ3n) is 4.10. The normalized spacial score (nSPS) is 14.7. The third kappa shape index (κ3) is 4.07. The first kappa shape index (κ1) is 18.8. The molecule has 3 rings (SSSR count). The predicted octanol–water partition coefficient (Wildman–Crippen LogP) is 3.41. The summed E-state index contributed by atoms with van der Waals surface area (Å²) in [7, 11) is -0.592. The van der Waals surface area contributed by atoms with Gasteiger partial charge in [-0.2, -0.15) is 0 Å². The lowest BCUT2D eigenvalue weighted by molar-refractivity contribution is 0.0730. The minimum absolute atomic E-state index is 0.101. The van der Waals surface area contributed by atoms with E-state index in [1.807, 2.05) is 22.4 Å². The van der Waals surface area contributed by atoms with Gasteiger partial charge in [-0.05, 0) is 65.1 Å². The van der Waals surface area contributed by atoms with E-state index in [1.54, 1.807) is 23.5 Å². The Kier molecular flexibility index (Phi) is 5.52. The molecule has 1 aromatic heterocycles. The van der Waals surface area contributed by atoms with Gasteiger partial charge in [0.2, 0.25) is 10.0 Å². The molecule has 0 atom stereocenters. The van der Waals surface area contributed by atoms with Crippen LogP contribution < -0.4 is 0 Å². The molecule has 1 aliphatic rings. The van der Waals surface area contributed by atoms with Crippen molar-refractivity contribution in [2.24, 2.45) is 0 Å². The Hall–Kier alpha value is -0.970. The lowest BCUT2D eigenvalue weighted by Crippen LogP contribution is -2.33. The largest absolute Gasteiger partial charge is 0.330 e. The number of amides is 1. The van der Waals surface area contributed by atoms with Crippen LogP contribution in [0.3, 0.4) is 0 Å². The number of nitrogens with zero attached hydrogens (tertiary/aromatic N) is 2. The minimum Gasteiger partial charge on any atom is -0.330 e. The van der Waals surface area contributed by atoms with Crippen LogP contribution in [-0.4, -0.2) is 43.7 Å². The van der Waals surface area contributed by atoms with Crippen molar-refractivity contribution in [3.8, 4) is 0 Å². The topological polar surface area (TPSA) is 57.7 Å². The first-order chi connectivity index (χ1) is 11.8. The van der Waals surface area contributed by atoms with E-state index in [0.717, 1.165) is 25.6 Å². The molecule has 0 bridgehead atoms. The average Bonchev–Trinajstić information content (AvgIpc) is 3.28. The summed E-state index contributed by atoms with van der Waals surface area (Å²) in [5.74, 6) is -0.101. The van der Waals surface area contributed by atoms with Crippen LogP contribution in [0.5, 0.6) is 0 Å². The van der Waals surface area contributed by atoms with Gasteiger partial charge in [0.05, 0.1) is 17.0 Å². The van der Waals surface area contributed by atoms with Crippen LogP contribution in [0.1, 0.15) is 28.1 Å². The second kappa shape index (κ2) is 7.34. The van der Waals surface area contributed by atoms with E-state index in [9.17, 15) is 13.2 Å². The summed E-state index contributed by atoms with van der Waals surface area (Å²) in [6, 6.07) is 8.99. The molecule has 134 valence electrons. The van der Waals surface area contributed by atoms with Crippen molar-refractivity contribution in [2.75, 3.05) is 14.1 Å². The van der Waals surface area contributed by atoms with Crippen LogP contribution in [0.25, 0.3) is 0 Å². The summed E-state index contributed by atoms with van der Waals surface area (Å²) in [4.78, 5) is 16.3. The number of carbonyl (C=O) groups is 1. The molecule has 0 radical (unpaired) electrons.